The van der Waals surface area contributed by atoms with Gasteiger partial charge in [0.2, 0.25) is 5.91 Å². The lowest BCUT2D eigenvalue weighted by molar-refractivity contribution is -0.116. The van der Waals surface area contributed by atoms with Crippen LogP contribution in [0.2, 0.25) is 0 Å². The molecule has 3 aromatic heterocycles. The summed E-state index contributed by atoms with van der Waals surface area (Å²) in [4.78, 5) is 46.0. The molecule has 4 aromatic rings. The molecule has 0 bridgehead atoms. The molecule has 9 nitrogen and oxygen atoms in total. The van der Waals surface area contributed by atoms with Gasteiger partial charge in [0.05, 0.1) is 22.0 Å². The Kier molecular flexibility index (Phi) is 4.70. The second-order valence-electron chi connectivity index (χ2n) is 7.46. The molecule has 0 saturated heterocycles. The molecule has 0 radical (unpaired) electrons. The van der Waals surface area contributed by atoms with Crippen LogP contribution in [-0.2, 0) is 11.2 Å². The molecular weight excluding hydrogens is 414 g/mol. The first-order valence-electron chi connectivity index (χ1n) is 9.85. The average molecular weight is 433 g/mol. The Labute approximate surface area is 181 Å². The van der Waals surface area contributed by atoms with Gasteiger partial charge in [-0.15, -0.1) is 11.3 Å². The molecule has 0 saturated carbocycles. The number of nitrogens with zero attached hydrogens (tertiary/aromatic N) is 4. The number of aromatic nitrogens is 5. The highest BCUT2D eigenvalue weighted by atomic mass is 32.1. The molecule has 1 aliphatic rings. The number of anilines is 1. The van der Waals surface area contributed by atoms with Gasteiger partial charge in [-0.25, -0.2) is 19.9 Å². The predicted molar refractivity (Wildman–Crippen MR) is 117 cm³/mol. The molecule has 1 aromatic carbocycles. The Bertz CT molecular complexity index is 1330. The molecule has 5 rings (SSSR count). The minimum atomic E-state index is -0.321. The Hall–Kier alpha value is -3.66. The Morgan fingerprint density at radius 1 is 1.23 bits per heavy atom. The maximum absolute atomic E-state index is 12.9. The van der Waals surface area contributed by atoms with Crippen molar-refractivity contribution in [1.82, 2.24) is 30.2 Å². The van der Waals surface area contributed by atoms with Crippen molar-refractivity contribution in [2.24, 2.45) is 0 Å². The molecule has 2 amide bonds. The van der Waals surface area contributed by atoms with E-state index in [1.54, 1.807) is 6.20 Å². The first kappa shape index (κ1) is 19.3. The van der Waals surface area contributed by atoms with Crippen LogP contribution in [0.5, 0.6) is 0 Å². The summed E-state index contributed by atoms with van der Waals surface area (Å²) in [6.07, 6.45) is 3.79. The number of nitrogens with one attached hydrogen (secondary N) is 3. The van der Waals surface area contributed by atoms with Gasteiger partial charge in [0.1, 0.15) is 28.7 Å². The number of imidazole rings is 1. The number of H-pyrrole nitrogens is 1. The lowest BCUT2D eigenvalue weighted by Crippen LogP contribution is -2.30. The molecule has 10 heteroatoms. The Morgan fingerprint density at radius 3 is 2.97 bits per heavy atom. The smallest absolute Gasteiger partial charge is 0.270 e. The third-order valence-corrected chi connectivity index (χ3v) is 6.32. The molecule has 31 heavy (non-hydrogen) atoms. The second-order valence-corrected chi connectivity index (χ2v) is 8.52. The van der Waals surface area contributed by atoms with Crippen molar-refractivity contribution >= 4 is 40.0 Å². The zero-order chi connectivity index (χ0) is 21.5. The summed E-state index contributed by atoms with van der Waals surface area (Å²) in [5.74, 6) is 0.726. The van der Waals surface area contributed by atoms with Gasteiger partial charge in [0, 0.05) is 18.2 Å². The van der Waals surface area contributed by atoms with Crippen molar-refractivity contribution in [3.8, 4) is 10.7 Å². The van der Waals surface area contributed by atoms with E-state index in [-0.39, 0.29) is 23.6 Å². The molecular formula is C21H19N7O2S. The van der Waals surface area contributed by atoms with Gasteiger partial charge in [-0.3, -0.25) is 9.59 Å². The summed E-state index contributed by atoms with van der Waals surface area (Å²) in [6.45, 7) is 3.91. The van der Waals surface area contributed by atoms with E-state index in [4.69, 9.17) is 0 Å². The molecule has 4 heterocycles. The molecule has 0 spiro atoms. The van der Waals surface area contributed by atoms with Crippen molar-refractivity contribution in [1.29, 1.82) is 0 Å². The highest BCUT2D eigenvalue weighted by Crippen LogP contribution is 2.29. The SMILES string of the molecule is Cc1ccc2nc(-c3cnc([C@@H](C)NC(=O)c4ncnc5c4CCC(=O)N5)s3)[nH]c2c1. The standard InChI is InChI=1S/C21H19N7O2S/c1-10-3-5-13-14(7-10)27-19(26-13)15-8-22-21(31-15)11(2)25-20(30)17-12-4-6-16(29)28-18(12)24-9-23-17/h3,5,7-9,11H,4,6H2,1-2H3,(H,25,30)(H,26,27)(H,23,24,28,29)/t11-/m1/s1. The van der Waals surface area contributed by atoms with E-state index >= 15 is 0 Å². The molecule has 156 valence electrons. The molecule has 1 atom stereocenters. The zero-order valence-corrected chi connectivity index (χ0v) is 17.7. The van der Waals surface area contributed by atoms with Crippen molar-refractivity contribution in [2.45, 2.75) is 32.7 Å². The van der Waals surface area contributed by atoms with E-state index in [0.717, 1.165) is 32.3 Å². The van der Waals surface area contributed by atoms with E-state index in [0.29, 0.717) is 24.2 Å². The summed E-state index contributed by atoms with van der Waals surface area (Å²) < 4.78 is 0. The highest BCUT2D eigenvalue weighted by Gasteiger charge is 2.25. The van der Waals surface area contributed by atoms with Gasteiger partial charge in [0.15, 0.2) is 0 Å². The van der Waals surface area contributed by atoms with Crippen LogP contribution >= 0.6 is 11.3 Å². The van der Waals surface area contributed by atoms with E-state index in [1.165, 1.54) is 17.7 Å². The summed E-state index contributed by atoms with van der Waals surface area (Å²) in [5.41, 5.74) is 3.98. The van der Waals surface area contributed by atoms with Crippen molar-refractivity contribution in [2.75, 3.05) is 5.32 Å². The van der Waals surface area contributed by atoms with Crippen molar-refractivity contribution in [3.63, 3.8) is 0 Å². The van der Waals surface area contributed by atoms with Crippen LogP contribution in [0.25, 0.3) is 21.7 Å². The van der Waals surface area contributed by atoms with Gasteiger partial charge >= 0.3 is 0 Å². The van der Waals surface area contributed by atoms with Crippen LogP contribution in [0, 0.1) is 6.92 Å². The van der Waals surface area contributed by atoms with Gasteiger partial charge in [-0.2, -0.15) is 0 Å². The number of hydrogen-bond acceptors (Lipinski definition) is 7. The van der Waals surface area contributed by atoms with Crippen LogP contribution in [0.15, 0.2) is 30.7 Å². The topological polar surface area (TPSA) is 126 Å². The fourth-order valence-electron chi connectivity index (χ4n) is 3.55. The van der Waals surface area contributed by atoms with Gasteiger partial charge in [0.25, 0.3) is 5.91 Å². The lowest BCUT2D eigenvalue weighted by Gasteiger charge is -2.18. The maximum atomic E-state index is 12.9. The van der Waals surface area contributed by atoms with Gasteiger partial charge in [-0.1, -0.05) is 6.07 Å². The minimum Gasteiger partial charge on any atom is -0.342 e. The first-order valence-corrected chi connectivity index (χ1v) is 10.7. The normalized spacial score (nSPS) is 14.2. The summed E-state index contributed by atoms with van der Waals surface area (Å²) in [7, 11) is 0. The van der Waals surface area contributed by atoms with Crippen LogP contribution in [-0.4, -0.2) is 36.7 Å². The Morgan fingerprint density at radius 2 is 2.10 bits per heavy atom. The first-order chi connectivity index (χ1) is 15.0. The van der Waals surface area contributed by atoms with E-state index in [1.807, 2.05) is 26.0 Å². The van der Waals surface area contributed by atoms with Gasteiger partial charge < -0.3 is 15.6 Å². The number of aromatic amines is 1. The number of benzene rings is 1. The monoisotopic (exact) mass is 433 g/mol. The van der Waals surface area contributed by atoms with Gasteiger partial charge in [-0.05, 0) is 38.0 Å². The Balaban J connectivity index is 1.35. The quantitative estimate of drug-likeness (QED) is 0.454. The molecule has 0 unspecified atom stereocenters. The number of fused-ring (bicyclic) bond motifs is 2. The number of hydrogen-bond donors (Lipinski definition) is 3. The fourth-order valence-corrected chi connectivity index (χ4v) is 4.41. The highest BCUT2D eigenvalue weighted by molar-refractivity contribution is 7.15. The van der Waals surface area contributed by atoms with Crippen molar-refractivity contribution in [3.05, 3.63) is 52.6 Å². The van der Waals surface area contributed by atoms with E-state index in [2.05, 4.69) is 41.6 Å². The second kappa shape index (κ2) is 7.55. The molecule has 3 N–H and O–H groups in total. The number of carbonyl (C=O) groups excluding carboxylic acids is 2. The predicted octanol–water partition coefficient (Wildman–Crippen LogP) is 3.16. The lowest BCUT2D eigenvalue weighted by atomic mass is 10.0. The summed E-state index contributed by atoms with van der Waals surface area (Å²) in [5, 5.41) is 6.39. The van der Waals surface area contributed by atoms with E-state index < -0.39 is 0 Å². The number of carbonyl (C=O) groups is 2. The molecule has 0 fully saturated rings. The fraction of sp³-hybridized carbons (Fsp3) is 0.238. The average Bonchev–Trinajstić information content (AvgIpc) is 3.39. The van der Waals surface area contributed by atoms with Crippen LogP contribution in [0.1, 0.15) is 46.0 Å². The van der Waals surface area contributed by atoms with Crippen LogP contribution < -0.4 is 10.6 Å². The third kappa shape index (κ3) is 3.66. The van der Waals surface area contributed by atoms with E-state index in [9.17, 15) is 9.59 Å². The number of aryl methyl sites for hydroxylation is 1. The van der Waals surface area contributed by atoms with Crippen LogP contribution in [0.3, 0.4) is 0 Å². The number of rotatable bonds is 4. The van der Waals surface area contributed by atoms with Crippen LogP contribution in [0.4, 0.5) is 5.82 Å². The third-order valence-electron chi connectivity index (χ3n) is 5.13. The summed E-state index contributed by atoms with van der Waals surface area (Å²) in [6, 6.07) is 5.75. The maximum Gasteiger partial charge on any atom is 0.270 e. The zero-order valence-electron chi connectivity index (χ0n) is 16.9. The van der Waals surface area contributed by atoms with Crippen molar-refractivity contribution < 1.29 is 9.59 Å². The summed E-state index contributed by atoms with van der Waals surface area (Å²) >= 11 is 1.47. The minimum absolute atomic E-state index is 0.109. The number of thiazole rings is 1. The largest absolute Gasteiger partial charge is 0.342 e. The molecule has 1 aliphatic heterocycles. The molecule has 0 aliphatic carbocycles. The number of amides is 2.